The van der Waals surface area contributed by atoms with Crippen molar-refractivity contribution in [3.8, 4) is 0 Å². The Kier molecular flexibility index (Phi) is 6.31. The zero-order chi connectivity index (χ0) is 14.4. The summed E-state index contributed by atoms with van der Waals surface area (Å²) in [5, 5.41) is 0.306. The normalized spacial score (nSPS) is 10.4. The quantitative estimate of drug-likeness (QED) is 0.604. The number of hydrogen-bond donors (Lipinski definition) is 0. The summed E-state index contributed by atoms with van der Waals surface area (Å²) in [6.07, 6.45) is 0. The number of halogens is 2. The molecule has 0 saturated heterocycles. The number of esters is 2. The number of benzene rings is 1. The van der Waals surface area contributed by atoms with Gasteiger partial charge in [0.2, 0.25) is 0 Å². The van der Waals surface area contributed by atoms with Gasteiger partial charge in [-0.25, -0.2) is 0 Å². The molecule has 0 amide bonds. The van der Waals surface area contributed by atoms with Crippen LogP contribution >= 0.6 is 27.5 Å². The van der Waals surface area contributed by atoms with Crippen LogP contribution in [-0.2, 0) is 19.1 Å². The van der Waals surface area contributed by atoms with Gasteiger partial charge < -0.3 is 9.47 Å². The fourth-order valence-corrected chi connectivity index (χ4v) is 2.56. The molecule has 4 nitrogen and oxygen atoms in total. The zero-order valence-electron chi connectivity index (χ0n) is 10.6. The van der Waals surface area contributed by atoms with Gasteiger partial charge in [-0.05, 0) is 26.0 Å². The Morgan fingerprint density at radius 1 is 1.21 bits per heavy atom. The van der Waals surface area contributed by atoms with Crippen LogP contribution in [-0.4, -0.2) is 25.2 Å². The molecule has 0 N–H and O–H groups in total. The maximum Gasteiger partial charge on any atom is 0.324 e. The van der Waals surface area contributed by atoms with Crippen molar-refractivity contribution in [3.05, 3.63) is 33.3 Å². The molecule has 0 atom stereocenters. The summed E-state index contributed by atoms with van der Waals surface area (Å²) in [5.41, 5.74) is 0.362. The molecule has 19 heavy (non-hydrogen) atoms. The molecule has 104 valence electrons. The summed E-state index contributed by atoms with van der Waals surface area (Å²) in [4.78, 5) is 23.9. The van der Waals surface area contributed by atoms with Gasteiger partial charge in [0.25, 0.3) is 0 Å². The number of rotatable bonds is 5. The van der Waals surface area contributed by atoms with Crippen molar-refractivity contribution >= 4 is 39.5 Å². The van der Waals surface area contributed by atoms with Crippen molar-refractivity contribution in [1.82, 2.24) is 0 Å². The third kappa shape index (κ3) is 3.94. The van der Waals surface area contributed by atoms with E-state index in [4.69, 9.17) is 21.1 Å². The molecule has 0 aliphatic carbocycles. The van der Waals surface area contributed by atoms with Gasteiger partial charge in [-0.2, -0.15) is 0 Å². The summed E-state index contributed by atoms with van der Waals surface area (Å²) in [6, 6.07) is 5.02. The minimum absolute atomic E-state index is 0.177. The van der Waals surface area contributed by atoms with Crippen LogP contribution in [0, 0.1) is 0 Å². The van der Waals surface area contributed by atoms with E-state index in [1.165, 1.54) is 0 Å². The highest BCUT2D eigenvalue weighted by molar-refractivity contribution is 9.10. The van der Waals surface area contributed by atoms with Crippen LogP contribution in [0.4, 0.5) is 0 Å². The standard InChI is InChI=1S/C13H14BrClO4/c1-3-18-12(16)11(13(17)19-4-2)10-8(14)6-5-7-9(10)15/h5-7,11H,3-4H2,1-2H3. The van der Waals surface area contributed by atoms with Gasteiger partial charge in [0.1, 0.15) is 0 Å². The molecular formula is C13H14BrClO4. The van der Waals surface area contributed by atoms with Crippen LogP contribution in [0.5, 0.6) is 0 Å². The summed E-state index contributed by atoms with van der Waals surface area (Å²) < 4.78 is 10.4. The second-order valence-corrected chi connectivity index (χ2v) is 4.83. The molecule has 1 rings (SSSR count). The smallest absolute Gasteiger partial charge is 0.324 e. The van der Waals surface area contributed by atoms with E-state index in [9.17, 15) is 9.59 Å². The maximum absolute atomic E-state index is 12.0. The van der Waals surface area contributed by atoms with Crippen molar-refractivity contribution in [2.24, 2.45) is 0 Å². The first kappa shape index (κ1) is 16.0. The molecule has 0 aliphatic heterocycles. The van der Waals surface area contributed by atoms with E-state index in [0.29, 0.717) is 15.1 Å². The molecular weight excluding hydrogens is 335 g/mol. The van der Waals surface area contributed by atoms with Gasteiger partial charge >= 0.3 is 11.9 Å². The topological polar surface area (TPSA) is 52.6 Å². The number of ether oxygens (including phenoxy) is 2. The second kappa shape index (κ2) is 7.50. The van der Waals surface area contributed by atoms with Gasteiger partial charge in [0, 0.05) is 15.1 Å². The minimum atomic E-state index is -1.18. The SMILES string of the molecule is CCOC(=O)C(C(=O)OCC)c1c(Cl)cccc1Br. The van der Waals surface area contributed by atoms with Crippen molar-refractivity contribution in [1.29, 1.82) is 0 Å². The Morgan fingerprint density at radius 2 is 1.74 bits per heavy atom. The van der Waals surface area contributed by atoms with Gasteiger partial charge in [-0.1, -0.05) is 33.6 Å². The predicted molar refractivity (Wildman–Crippen MR) is 75.2 cm³/mol. The fraction of sp³-hybridized carbons (Fsp3) is 0.385. The maximum atomic E-state index is 12.0. The van der Waals surface area contributed by atoms with Gasteiger partial charge in [0.05, 0.1) is 13.2 Å². The molecule has 1 aromatic rings. The van der Waals surface area contributed by atoms with E-state index in [2.05, 4.69) is 15.9 Å². The van der Waals surface area contributed by atoms with Crippen molar-refractivity contribution in [2.45, 2.75) is 19.8 Å². The van der Waals surface area contributed by atoms with Crippen LogP contribution in [0.1, 0.15) is 25.3 Å². The van der Waals surface area contributed by atoms with E-state index < -0.39 is 17.9 Å². The lowest BCUT2D eigenvalue weighted by molar-refractivity contribution is -0.156. The highest BCUT2D eigenvalue weighted by atomic mass is 79.9. The summed E-state index contributed by atoms with van der Waals surface area (Å²) in [6.45, 7) is 3.69. The Bertz CT molecular complexity index is 437. The largest absolute Gasteiger partial charge is 0.465 e. The Morgan fingerprint density at radius 3 is 2.16 bits per heavy atom. The Labute approximate surface area is 125 Å². The van der Waals surface area contributed by atoms with E-state index in [0.717, 1.165) is 0 Å². The first-order valence-electron chi connectivity index (χ1n) is 5.80. The number of carbonyl (C=O) groups excluding carboxylic acids is 2. The minimum Gasteiger partial charge on any atom is -0.465 e. The molecule has 6 heteroatoms. The first-order chi connectivity index (χ1) is 9.02. The highest BCUT2D eigenvalue weighted by Gasteiger charge is 2.34. The molecule has 0 unspecified atom stereocenters. The Hall–Kier alpha value is -1.07. The van der Waals surface area contributed by atoms with Gasteiger partial charge in [-0.15, -0.1) is 0 Å². The third-order valence-corrected chi connectivity index (χ3v) is 3.35. The number of hydrogen-bond acceptors (Lipinski definition) is 4. The molecule has 0 aromatic heterocycles. The molecule has 1 aromatic carbocycles. The van der Waals surface area contributed by atoms with Crippen LogP contribution in [0.2, 0.25) is 5.02 Å². The molecule has 0 aliphatic rings. The molecule has 0 heterocycles. The third-order valence-electron chi connectivity index (χ3n) is 2.33. The average Bonchev–Trinajstić information content (AvgIpc) is 2.34. The van der Waals surface area contributed by atoms with Crippen LogP contribution in [0.3, 0.4) is 0 Å². The predicted octanol–water partition coefficient (Wildman–Crippen LogP) is 3.31. The lowest BCUT2D eigenvalue weighted by atomic mass is 9.99. The van der Waals surface area contributed by atoms with Crippen molar-refractivity contribution in [2.75, 3.05) is 13.2 Å². The zero-order valence-corrected chi connectivity index (χ0v) is 13.0. The highest BCUT2D eigenvalue weighted by Crippen LogP contribution is 2.33. The molecule has 0 fully saturated rings. The average molecular weight is 350 g/mol. The Balaban J connectivity index is 3.23. The van der Waals surface area contributed by atoms with Gasteiger partial charge in [-0.3, -0.25) is 9.59 Å². The van der Waals surface area contributed by atoms with Crippen LogP contribution in [0.25, 0.3) is 0 Å². The molecule has 0 radical (unpaired) electrons. The summed E-state index contributed by atoms with van der Waals surface area (Å²) >= 11 is 9.35. The van der Waals surface area contributed by atoms with E-state index >= 15 is 0 Å². The molecule has 0 saturated carbocycles. The number of carbonyl (C=O) groups is 2. The van der Waals surface area contributed by atoms with Crippen molar-refractivity contribution < 1.29 is 19.1 Å². The summed E-state index contributed by atoms with van der Waals surface area (Å²) in [5.74, 6) is -2.52. The second-order valence-electron chi connectivity index (χ2n) is 3.57. The molecule has 0 spiro atoms. The van der Waals surface area contributed by atoms with Gasteiger partial charge in [0.15, 0.2) is 5.92 Å². The van der Waals surface area contributed by atoms with Crippen LogP contribution < -0.4 is 0 Å². The first-order valence-corrected chi connectivity index (χ1v) is 6.97. The van der Waals surface area contributed by atoms with Crippen LogP contribution in [0.15, 0.2) is 22.7 Å². The summed E-state index contributed by atoms with van der Waals surface area (Å²) in [7, 11) is 0. The molecule has 0 bridgehead atoms. The lowest BCUT2D eigenvalue weighted by Crippen LogP contribution is -2.26. The van der Waals surface area contributed by atoms with E-state index in [1.807, 2.05) is 0 Å². The van der Waals surface area contributed by atoms with E-state index in [1.54, 1.807) is 32.0 Å². The van der Waals surface area contributed by atoms with Crippen molar-refractivity contribution in [3.63, 3.8) is 0 Å². The fourth-order valence-electron chi connectivity index (χ4n) is 1.57. The van der Waals surface area contributed by atoms with E-state index in [-0.39, 0.29) is 13.2 Å². The lowest BCUT2D eigenvalue weighted by Gasteiger charge is -2.17. The monoisotopic (exact) mass is 348 g/mol.